The second kappa shape index (κ2) is 6.48. The molecule has 0 aliphatic carbocycles. The van der Waals surface area contributed by atoms with Crippen LogP contribution >= 0.6 is 0 Å². The first kappa shape index (κ1) is 16.5. The lowest BCUT2D eigenvalue weighted by Gasteiger charge is -2.35. The molecule has 0 unspecified atom stereocenters. The van der Waals surface area contributed by atoms with Gasteiger partial charge in [0.15, 0.2) is 0 Å². The summed E-state index contributed by atoms with van der Waals surface area (Å²) in [7, 11) is 7.52. The zero-order valence-corrected chi connectivity index (χ0v) is 14.2. The van der Waals surface area contributed by atoms with Gasteiger partial charge < -0.3 is 19.4 Å². The lowest BCUT2D eigenvalue weighted by Crippen LogP contribution is -2.48. The number of amides is 1. The maximum absolute atomic E-state index is 12.8. The molecule has 2 heterocycles. The van der Waals surface area contributed by atoms with Crippen molar-refractivity contribution in [2.45, 2.75) is 26.1 Å². The molecule has 1 aromatic heterocycles. The molecular formula is C15H25N5O2. The highest BCUT2D eigenvalue weighted by atomic mass is 16.5. The monoisotopic (exact) mass is 307 g/mol. The highest BCUT2D eigenvalue weighted by molar-refractivity contribution is 5.93. The van der Waals surface area contributed by atoms with Crippen LogP contribution in [-0.2, 0) is 4.74 Å². The first-order chi connectivity index (χ1) is 10.3. The van der Waals surface area contributed by atoms with E-state index in [-0.39, 0.29) is 18.1 Å². The van der Waals surface area contributed by atoms with Crippen molar-refractivity contribution in [3.63, 3.8) is 0 Å². The molecule has 1 fully saturated rings. The molecule has 7 nitrogen and oxygen atoms in total. The van der Waals surface area contributed by atoms with Crippen LogP contribution < -0.4 is 9.80 Å². The first-order valence-electron chi connectivity index (χ1n) is 7.46. The molecule has 7 heteroatoms. The number of hydrogen-bond donors (Lipinski definition) is 0. The largest absolute Gasteiger partial charge is 0.372 e. The van der Waals surface area contributed by atoms with E-state index in [1.54, 1.807) is 15.9 Å². The Morgan fingerprint density at radius 3 is 2.23 bits per heavy atom. The fourth-order valence-corrected chi connectivity index (χ4v) is 2.47. The van der Waals surface area contributed by atoms with Crippen LogP contribution in [0.5, 0.6) is 0 Å². The minimum atomic E-state index is -0.0735. The normalized spacial score (nSPS) is 21.6. The zero-order chi connectivity index (χ0) is 16.4. The first-order valence-corrected chi connectivity index (χ1v) is 7.46. The molecule has 1 aromatic rings. The van der Waals surface area contributed by atoms with Crippen LogP contribution in [0, 0.1) is 0 Å². The number of rotatable bonds is 3. The molecule has 22 heavy (non-hydrogen) atoms. The second-order valence-electron chi connectivity index (χ2n) is 6.17. The Morgan fingerprint density at radius 1 is 1.14 bits per heavy atom. The third-order valence-electron chi connectivity index (χ3n) is 3.48. The molecule has 122 valence electrons. The summed E-state index contributed by atoms with van der Waals surface area (Å²) in [5, 5.41) is 0. The summed E-state index contributed by atoms with van der Waals surface area (Å²) in [6, 6.07) is 1.74. The SMILES string of the molecule is C[C@@H]1CN(C(=O)c2cc(N(C)C)nc(N(C)C)n2)C[C@@H](C)O1. The van der Waals surface area contributed by atoms with Crippen LogP contribution in [0.2, 0.25) is 0 Å². The highest BCUT2D eigenvalue weighted by Crippen LogP contribution is 2.18. The van der Waals surface area contributed by atoms with Gasteiger partial charge in [-0.05, 0) is 13.8 Å². The van der Waals surface area contributed by atoms with Gasteiger partial charge >= 0.3 is 0 Å². The molecule has 0 bridgehead atoms. The minimum absolute atomic E-state index is 0.0381. The Labute approximate surface area is 131 Å². The Bertz CT molecular complexity index is 510. The summed E-state index contributed by atoms with van der Waals surface area (Å²) in [6.45, 7) is 5.13. The van der Waals surface area contributed by atoms with Crippen LogP contribution in [0.1, 0.15) is 24.3 Å². The lowest BCUT2D eigenvalue weighted by atomic mass is 10.2. The van der Waals surface area contributed by atoms with E-state index in [1.165, 1.54) is 0 Å². The Morgan fingerprint density at radius 2 is 1.73 bits per heavy atom. The van der Waals surface area contributed by atoms with Gasteiger partial charge in [-0.3, -0.25) is 4.79 Å². The third-order valence-corrected chi connectivity index (χ3v) is 3.48. The summed E-state index contributed by atoms with van der Waals surface area (Å²) >= 11 is 0. The highest BCUT2D eigenvalue weighted by Gasteiger charge is 2.28. The standard InChI is InChI=1S/C15H25N5O2/c1-10-8-20(9-11(2)22-10)14(21)12-7-13(18(3)4)17-15(16-12)19(5)6/h7,10-11H,8-9H2,1-6H3/t10-,11-/m1/s1. The van der Waals surface area contributed by atoms with Gasteiger partial charge in [0.25, 0.3) is 5.91 Å². The Balaban J connectivity index is 2.32. The summed E-state index contributed by atoms with van der Waals surface area (Å²) in [4.78, 5) is 27.1. The average molecular weight is 307 g/mol. The summed E-state index contributed by atoms with van der Waals surface area (Å²) in [5.41, 5.74) is 0.420. The van der Waals surface area contributed by atoms with E-state index >= 15 is 0 Å². The number of morpholine rings is 1. The predicted octanol–water partition coefficient (Wildman–Crippen LogP) is 0.858. The van der Waals surface area contributed by atoms with Crippen LogP contribution in [0.3, 0.4) is 0 Å². The van der Waals surface area contributed by atoms with E-state index in [0.717, 1.165) is 5.82 Å². The zero-order valence-electron chi connectivity index (χ0n) is 14.2. The third kappa shape index (κ3) is 3.65. The van der Waals surface area contributed by atoms with Gasteiger partial charge in [-0.1, -0.05) is 0 Å². The van der Waals surface area contributed by atoms with Crippen molar-refractivity contribution in [3.8, 4) is 0 Å². The summed E-state index contributed by atoms with van der Waals surface area (Å²) in [6.07, 6.45) is 0.0763. The number of aromatic nitrogens is 2. The quantitative estimate of drug-likeness (QED) is 0.825. The maximum atomic E-state index is 12.8. The van der Waals surface area contributed by atoms with Gasteiger partial charge in [0.05, 0.1) is 12.2 Å². The fourth-order valence-electron chi connectivity index (χ4n) is 2.47. The molecule has 1 saturated heterocycles. The smallest absolute Gasteiger partial charge is 0.272 e. The summed E-state index contributed by atoms with van der Waals surface area (Å²) in [5.74, 6) is 1.18. The van der Waals surface area contributed by atoms with Crippen molar-refractivity contribution in [2.24, 2.45) is 0 Å². The Kier molecular flexibility index (Phi) is 4.85. The van der Waals surface area contributed by atoms with Crippen molar-refractivity contribution < 1.29 is 9.53 Å². The van der Waals surface area contributed by atoms with Crippen molar-refractivity contribution in [3.05, 3.63) is 11.8 Å². The van der Waals surface area contributed by atoms with Crippen LogP contribution in [0.25, 0.3) is 0 Å². The number of nitrogens with zero attached hydrogens (tertiary/aromatic N) is 5. The molecule has 0 radical (unpaired) electrons. The van der Waals surface area contributed by atoms with E-state index in [9.17, 15) is 4.79 Å². The van der Waals surface area contributed by atoms with E-state index in [2.05, 4.69) is 9.97 Å². The van der Waals surface area contributed by atoms with Gasteiger partial charge in [0.1, 0.15) is 11.5 Å². The number of ether oxygens (including phenoxy) is 1. The van der Waals surface area contributed by atoms with E-state index < -0.39 is 0 Å². The molecule has 1 aliphatic rings. The van der Waals surface area contributed by atoms with E-state index in [1.807, 2.05) is 46.9 Å². The molecule has 1 aliphatic heterocycles. The fraction of sp³-hybridized carbons (Fsp3) is 0.667. The molecule has 0 aromatic carbocycles. The summed E-state index contributed by atoms with van der Waals surface area (Å²) < 4.78 is 5.68. The van der Waals surface area contributed by atoms with Crippen molar-refractivity contribution >= 4 is 17.7 Å². The topological polar surface area (TPSA) is 61.8 Å². The van der Waals surface area contributed by atoms with Crippen molar-refractivity contribution in [1.29, 1.82) is 0 Å². The molecule has 0 spiro atoms. The predicted molar refractivity (Wildman–Crippen MR) is 86.6 cm³/mol. The average Bonchev–Trinajstić information content (AvgIpc) is 2.44. The molecule has 1 amide bonds. The molecule has 2 rings (SSSR count). The van der Waals surface area contributed by atoms with Crippen LogP contribution in [-0.4, -0.2) is 74.3 Å². The van der Waals surface area contributed by atoms with Gasteiger partial charge in [0, 0.05) is 47.3 Å². The van der Waals surface area contributed by atoms with Crippen LogP contribution in [0.15, 0.2) is 6.07 Å². The van der Waals surface area contributed by atoms with Crippen molar-refractivity contribution in [2.75, 3.05) is 51.1 Å². The minimum Gasteiger partial charge on any atom is -0.372 e. The number of anilines is 2. The molecular weight excluding hydrogens is 282 g/mol. The second-order valence-corrected chi connectivity index (χ2v) is 6.17. The molecule has 0 saturated carbocycles. The number of carbonyl (C=O) groups is 1. The maximum Gasteiger partial charge on any atom is 0.272 e. The van der Waals surface area contributed by atoms with E-state index in [0.29, 0.717) is 24.7 Å². The van der Waals surface area contributed by atoms with Gasteiger partial charge in [-0.2, -0.15) is 4.98 Å². The Hall–Kier alpha value is -1.89. The lowest BCUT2D eigenvalue weighted by molar-refractivity contribution is -0.0587. The van der Waals surface area contributed by atoms with Gasteiger partial charge in [-0.15, -0.1) is 0 Å². The number of hydrogen-bond acceptors (Lipinski definition) is 6. The van der Waals surface area contributed by atoms with Crippen molar-refractivity contribution in [1.82, 2.24) is 14.9 Å². The molecule has 2 atom stereocenters. The van der Waals surface area contributed by atoms with Gasteiger partial charge in [0.2, 0.25) is 5.95 Å². The van der Waals surface area contributed by atoms with Gasteiger partial charge in [-0.25, -0.2) is 4.98 Å². The van der Waals surface area contributed by atoms with Crippen LogP contribution in [0.4, 0.5) is 11.8 Å². The number of carbonyl (C=O) groups excluding carboxylic acids is 1. The molecule has 0 N–H and O–H groups in total. The van der Waals surface area contributed by atoms with E-state index in [4.69, 9.17) is 4.74 Å².